The summed E-state index contributed by atoms with van der Waals surface area (Å²) in [5.41, 5.74) is -1.03. The molecule has 0 unspecified atom stereocenters. The Balaban J connectivity index is 1.68. The van der Waals surface area contributed by atoms with Gasteiger partial charge in [0.25, 0.3) is 0 Å². The molecule has 0 spiro atoms. The third kappa shape index (κ3) is 6.16. The van der Waals surface area contributed by atoms with Crippen LogP contribution >= 0.6 is 11.8 Å². The standard InChI is InChI=1S/C25H34N2O3S/c1-24(2,3)21(26-23(29)30-25(4,5)6)22(28)27-15-14-18(16-27)31-20-13-9-11-17-10-7-8-12-19(17)20/h7-13,18,21H,14-16H2,1-6H3,(H,26,29)/t18-,21-/m1/s1. The zero-order chi connectivity index (χ0) is 22.8. The molecule has 3 rings (SSSR count). The molecular formula is C25H34N2O3S. The van der Waals surface area contributed by atoms with E-state index in [2.05, 4.69) is 47.8 Å². The smallest absolute Gasteiger partial charge is 0.408 e. The summed E-state index contributed by atoms with van der Waals surface area (Å²) in [4.78, 5) is 28.8. The molecule has 31 heavy (non-hydrogen) atoms. The number of benzene rings is 2. The number of fused-ring (bicyclic) bond motifs is 1. The van der Waals surface area contributed by atoms with Crippen LogP contribution in [0.5, 0.6) is 0 Å². The van der Waals surface area contributed by atoms with Gasteiger partial charge >= 0.3 is 6.09 Å². The van der Waals surface area contributed by atoms with Crippen LogP contribution in [0.3, 0.4) is 0 Å². The summed E-state index contributed by atoms with van der Waals surface area (Å²) in [7, 11) is 0. The van der Waals surface area contributed by atoms with E-state index in [0.717, 1.165) is 6.42 Å². The number of hydrogen-bond donors (Lipinski definition) is 1. The molecule has 5 nitrogen and oxygen atoms in total. The third-order valence-electron chi connectivity index (χ3n) is 5.27. The molecule has 1 heterocycles. The number of nitrogens with one attached hydrogen (secondary N) is 1. The molecule has 1 fully saturated rings. The predicted molar refractivity (Wildman–Crippen MR) is 127 cm³/mol. The van der Waals surface area contributed by atoms with E-state index in [9.17, 15) is 9.59 Å². The van der Waals surface area contributed by atoms with E-state index in [1.54, 1.807) is 0 Å². The molecule has 2 atom stereocenters. The fourth-order valence-corrected chi connectivity index (χ4v) is 5.07. The fourth-order valence-electron chi connectivity index (χ4n) is 3.76. The van der Waals surface area contributed by atoms with Crippen molar-refractivity contribution in [2.24, 2.45) is 5.41 Å². The van der Waals surface area contributed by atoms with E-state index in [0.29, 0.717) is 18.3 Å². The van der Waals surface area contributed by atoms with Gasteiger partial charge in [-0.1, -0.05) is 57.2 Å². The van der Waals surface area contributed by atoms with Gasteiger partial charge < -0.3 is 15.0 Å². The van der Waals surface area contributed by atoms with Gasteiger partial charge in [0.1, 0.15) is 11.6 Å². The molecule has 1 saturated heterocycles. The number of carbonyl (C=O) groups is 2. The molecule has 1 aliphatic heterocycles. The highest BCUT2D eigenvalue weighted by Gasteiger charge is 2.39. The molecule has 0 aliphatic carbocycles. The van der Waals surface area contributed by atoms with Gasteiger partial charge in [-0.05, 0) is 49.4 Å². The number of thioether (sulfide) groups is 1. The van der Waals surface area contributed by atoms with Crippen molar-refractivity contribution in [3.8, 4) is 0 Å². The summed E-state index contributed by atoms with van der Waals surface area (Å²) in [5.74, 6) is -0.0422. The van der Waals surface area contributed by atoms with Gasteiger partial charge in [0.2, 0.25) is 5.91 Å². The van der Waals surface area contributed by atoms with E-state index in [1.807, 2.05) is 58.2 Å². The van der Waals surface area contributed by atoms with Crippen molar-refractivity contribution < 1.29 is 14.3 Å². The summed E-state index contributed by atoms with van der Waals surface area (Å²) in [6, 6.07) is 14.1. The van der Waals surface area contributed by atoms with E-state index in [1.165, 1.54) is 15.7 Å². The number of alkyl carbamates (subject to hydrolysis) is 1. The number of carbonyl (C=O) groups excluding carboxylic acids is 2. The number of nitrogens with zero attached hydrogens (tertiary/aromatic N) is 1. The van der Waals surface area contributed by atoms with E-state index < -0.39 is 23.2 Å². The van der Waals surface area contributed by atoms with Crippen molar-refractivity contribution in [3.63, 3.8) is 0 Å². The maximum Gasteiger partial charge on any atom is 0.408 e. The van der Waals surface area contributed by atoms with Crippen LogP contribution < -0.4 is 5.32 Å². The zero-order valence-corrected chi connectivity index (χ0v) is 20.2. The molecule has 0 aromatic heterocycles. The highest BCUT2D eigenvalue weighted by Crippen LogP contribution is 2.35. The first-order valence-corrected chi connectivity index (χ1v) is 11.7. The Morgan fingerprint density at radius 2 is 1.74 bits per heavy atom. The van der Waals surface area contributed by atoms with Gasteiger partial charge in [-0.25, -0.2) is 4.79 Å². The van der Waals surface area contributed by atoms with Crippen LogP contribution in [0.2, 0.25) is 0 Å². The summed E-state index contributed by atoms with van der Waals surface area (Å²) in [6.45, 7) is 12.7. The number of amides is 2. The molecule has 2 amide bonds. The minimum Gasteiger partial charge on any atom is -0.444 e. The SMILES string of the molecule is CC(C)(C)OC(=O)N[C@H](C(=O)N1CC[C@@H](Sc2cccc3ccccc23)C1)C(C)(C)C. The lowest BCUT2D eigenvalue weighted by Crippen LogP contribution is -2.55. The quantitative estimate of drug-likeness (QED) is 0.682. The summed E-state index contributed by atoms with van der Waals surface area (Å²) in [5, 5.41) is 5.63. The maximum absolute atomic E-state index is 13.4. The first-order valence-electron chi connectivity index (χ1n) is 10.9. The Morgan fingerprint density at radius 1 is 1.06 bits per heavy atom. The first kappa shape index (κ1) is 23.5. The van der Waals surface area contributed by atoms with Gasteiger partial charge in [0.15, 0.2) is 0 Å². The zero-order valence-electron chi connectivity index (χ0n) is 19.4. The Hall–Kier alpha value is -2.21. The van der Waals surface area contributed by atoms with Crippen LogP contribution in [0.4, 0.5) is 4.79 Å². The molecule has 168 valence electrons. The Labute approximate surface area is 189 Å². The Kier molecular flexibility index (Phi) is 6.89. The maximum atomic E-state index is 13.4. The van der Waals surface area contributed by atoms with Crippen LogP contribution in [0.15, 0.2) is 47.4 Å². The monoisotopic (exact) mass is 442 g/mol. The summed E-state index contributed by atoms with van der Waals surface area (Å²) in [6.07, 6.45) is 0.379. The van der Waals surface area contributed by atoms with Crippen LogP contribution in [0.1, 0.15) is 48.0 Å². The normalized spacial score (nSPS) is 18.1. The van der Waals surface area contributed by atoms with Crippen molar-refractivity contribution in [3.05, 3.63) is 42.5 Å². The highest BCUT2D eigenvalue weighted by atomic mass is 32.2. The number of hydrogen-bond acceptors (Lipinski definition) is 4. The van der Waals surface area contributed by atoms with Crippen LogP contribution in [0.25, 0.3) is 10.8 Å². The number of rotatable bonds is 4. The second-order valence-electron chi connectivity index (χ2n) is 10.2. The molecule has 1 aliphatic rings. The van der Waals surface area contributed by atoms with Crippen molar-refractivity contribution in [1.29, 1.82) is 0 Å². The van der Waals surface area contributed by atoms with Gasteiger partial charge in [0.05, 0.1) is 0 Å². The summed E-state index contributed by atoms with van der Waals surface area (Å²) < 4.78 is 5.39. The molecule has 2 aromatic rings. The van der Waals surface area contributed by atoms with Gasteiger partial charge in [-0.3, -0.25) is 4.79 Å². The van der Waals surface area contributed by atoms with Gasteiger partial charge in [0, 0.05) is 23.2 Å². The van der Waals surface area contributed by atoms with Crippen molar-refractivity contribution in [2.75, 3.05) is 13.1 Å². The van der Waals surface area contributed by atoms with E-state index >= 15 is 0 Å². The Bertz CT molecular complexity index is 940. The second kappa shape index (κ2) is 9.11. The molecule has 0 radical (unpaired) electrons. The van der Waals surface area contributed by atoms with Gasteiger partial charge in [-0.2, -0.15) is 0 Å². The van der Waals surface area contributed by atoms with E-state index in [4.69, 9.17) is 4.74 Å². The second-order valence-corrected chi connectivity index (χ2v) is 11.6. The van der Waals surface area contributed by atoms with Gasteiger partial charge in [-0.15, -0.1) is 11.8 Å². The molecule has 1 N–H and O–H groups in total. The molecule has 0 bridgehead atoms. The lowest BCUT2D eigenvalue weighted by Gasteiger charge is -2.34. The fraction of sp³-hybridized carbons (Fsp3) is 0.520. The van der Waals surface area contributed by atoms with Crippen LogP contribution in [-0.4, -0.2) is 46.9 Å². The minimum atomic E-state index is -0.636. The predicted octanol–water partition coefficient (Wildman–Crippen LogP) is 5.47. The Morgan fingerprint density at radius 3 is 2.42 bits per heavy atom. The molecule has 6 heteroatoms. The molecular weight excluding hydrogens is 408 g/mol. The van der Waals surface area contributed by atoms with E-state index in [-0.39, 0.29) is 5.91 Å². The number of ether oxygens (including phenoxy) is 1. The topological polar surface area (TPSA) is 58.6 Å². The lowest BCUT2D eigenvalue weighted by molar-refractivity contribution is -0.135. The van der Waals surface area contributed by atoms with Crippen LogP contribution in [-0.2, 0) is 9.53 Å². The average Bonchev–Trinajstić information content (AvgIpc) is 3.12. The third-order valence-corrected chi connectivity index (χ3v) is 6.60. The highest BCUT2D eigenvalue weighted by molar-refractivity contribution is 8.00. The largest absolute Gasteiger partial charge is 0.444 e. The van der Waals surface area contributed by atoms with Crippen molar-refractivity contribution in [2.45, 2.75) is 69.8 Å². The van der Waals surface area contributed by atoms with Crippen molar-refractivity contribution >= 4 is 34.5 Å². The molecule has 0 saturated carbocycles. The van der Waals surface area contributed by atoms with Crippen molar-refractivity contribution in [1.82, 2.24) is 10.2 Å². The average molecular weight is 443 g/mol. The minimum absolute atomic E-state index is 0.0422. The lowest BCUT2D eigenvalue weighted by atomic mass is 9.86. The first-order chi connectivity index (χ1) is 14.4. The van der Waals surface area contributed by atoms with Crippen LogP contribution in [0, 0.1) is 5.41 Å². The molecule has 2 aromatic carbocycles. The number of likely N-dealkylation sites (tertiary alicyclic amines) is 1. The summed E-state index contributed by atoms with van der Waals surface area (Å²) >= 11 is 1.84.